The summed E-state index contributed by atoms with van der Waals surface area (Å²) in [6, 6.07) is 0. The van der Waals surface area contributed by atoms with E-state index in [1.165, 1.54) is 327 Å². The van der Waals surface area contributed by atoms with Gasteiger partial charge in [-0.15, -0.1) is 0 Å². The van der Waals surface area contributed by atoms with Crippen molar-refractivity contribution in [3.8, 4) is 0 Å². The second-order valence-electron chi connectivity index (χ2n) is 27.0. The van der Waals surface area contributed by atoms with Crippen LogP contribution in [0.5, 0.6) is 0 Å². The zero-order valence-corrected chi connectivity index (χ0v) is 57.1. The van der Waals surface area contributed by atoms with Crippen LogP contribution in [0.15, 0.2) is 12.2 Å². The maximum Gasteiger partial charge on any atom is 0.306 e. The predicted molar refractivity (Wildman–Crippen MR) is 357 cm³/mol. The van der Waals surface area contributed by atoms with Crippen molar-refractivity contribution in [2.75, 3.05) is 47.5 Å². The Bertz CT molecular complexity index is 1380. The fraction of sp³-hybridized carbons (Fsp3) is 0.933. The molecule has 0 aromatic heterocycles. The highest BCUT2D eigenvalue weighted by Gasteiger charge is 2.22. The van der Waals surface area contributed by atoms with Gasteiger partial charge in [0.25, 0.3) is 0 Å². The summed E-state index contributed by atoms with van der Waals surface area (Å²) < 4.78 is 22.9. The summed E-state index contributed by atoms with van der Waals surface area (Å²) in [7, 11) is 5.95. The average Bonchev–Trinajstić information content (AvgIpc) is 3.51. The van der Waals surface area contributed by atoms with Crippen LogP contribution in [0.4, 0.5) is 0 Å². The minimum atomic E-state index is -1.62. The zero-order valence-electron chi connectivity index (χ0n) is 57.1. The molecular formula is C75H145NO8. The Morgan fingerprint density at radius 1 is 0.345 bits per heavy atom. The number of rotatable bonds is 71. The fourth-order valence-corrected chi connectivity index (χ4v) is 11.5. The lowest BCUT2D eigenvalue weighted by Crippen LogP contribution is -2.44. The lowest BCUT2D eigenvalue weighted by molar-refractivity contribution is -0.870. The minimum absolute atomic E-state index is 0.152. The molecule has 0 saturated heterocycles. The van der Waals surface area contributed by atoms with Crippen LogP contribution in [0.25, 0.3) is 0 Å². The van der Waals surface area contributed by atoms with Crippen molar-refractivity contribution in [1.29, 1.82) is 0 Å². The Balaban J connectivity index is 4.00. The molecule has 0 rings (SSSR count). The first-order valence-corrected chi connectivity index (χ1v) is 37.3. The summed E-state index contributed by atoms with van der Waals surface area (Å²) >= 11 is 0. The Labute approximate surface area is 523 Å². The van der Waals surface area contributed by atoms with Crippen LogP contribution < -0.4 is 5.11 Å². The fourth-order valence-electron chi connectivity index (χ4n) is 11.5. The molecule has 0 aliphatic rings. The van der Waals surface area contributed by atoms with E-state index in [0.29, 0.717) is 17.4 Å². The Morgan fingerprint density at radius 2 is 0.607 bits per heavy atom. The van der Waals surface area contributed by atoms with Crippen molar-refractivity contribution in [3.05, 3.63) is 12.2 Å². The summed E-state index contributed by atoms with van der Waals surface area (Å²) in [5, 5.41) is 11.8. The normalized spacial score (nSPS) is 12.6. The van der Waals surface area contributed by atoms with E-state index in [-0.39, 0.29) is 32.2 Å². The number of likely N-dealkylation sites (N-methyl/N-ethyl adjacent to an activating group) is 1. The van der Waals surface area contributed by atoms with Crippen LogP contribution in [-0.2, 0) is 33.3 Å². The molecule has 0 N–H and O–H groups in total. The number of aliphatic carboxylic acids is 1. The van der Waals surface area contributed by atoms with Crippen molar-refractivity contribution >= 4 is 17.9 Å². The molecule has 84 heavy (non-hydrogen) atoms. The van der Waals surface area contributed by atoms with Gasteiger partial charge in [0.05, 0.1) is 40.3 Å². The van der Waals surface area contributed by atoms with Gasteiger partial charge < -0.3 is 33.3 Å². The number of hydrogen-bond acceptors (Lipinski definition) is 8. The van der Waals surface area contributed by atoms with Crippen LogP contribution in [0, 0.1) is 0 Å². The van der Waals surface area contributed by atoms with Gasteiger partial charge in [0, 0.05) is 12.8 Å². The van der Waals surface area contributed by atoms with Gasteiger partial charge in [-0.2, -0.15) is 0 Å². The molecule has 9 heteroatoms. The first kappa shape index (κ1) is 82.0. The first-order chi connectivity index (χ1) is 41.1. The molecule has 498 valence electrons. The van der Waals surface area contributed by atoms with Crippen LogP contribution in [0.1, 0.15) is 393 Å². The predicted octanol–water partition coefficient (Wildman–Crippen LogP) is 21.9. The molecule has 2 unspecified atom stereocenters. The molecule has 0 saturated carbocycles. The largest absolute Gasteiger partial charge is 0.545 e. The van der Waals surface area contributed by atoms with Gasteiger partial charge in [0.15, 0.2) is 12.4 Å². The number of unbranched alkanes of at least 4 members (excludes halogenated alkanes) is 54. The van der Waals surface area contributed by atoms with E-state index in [1.807, 2.05) is 21.1 Å². The van der Waals surface area contributed by atoms with E-state index in [2.05, 4.69) is 26.0 Å². The average molecular weight is 1190 g/mol. The van der Waals surface area contributed by atoms with Crippen molar-refractivity contribution in [2.24, 2.45) is 0 Å². The van der Waals surface area contributed by atoms with E-state index >= 15 is 0 Å². The highest BCUT2D eigenvalue weighted by Crippen LogP contribution is 2.20. The van der Waals surface area contributed by atoms with Crippen molar-refractivity contribution in [3.63, 3.8) is 0 Å². The number of carboxylic acid groups (broad SMARTS) is 1. The molecule has 0 heterocycles. The number of carbonyl (C=O) groups excluding carboxylic acids is 3. The van der Waals surface area contributed by atoms with Crippen molar-refractivity contribution in [2.45, 2.75) is 405 Å². The maximum atomic E-state index is 12.9. The van der Waals surface area contributed by atoms with Gasteiger partial charge in [-0.25, -0.2) is 0 Å². The Kier molecular flexibility index (Phi) is 65.4. The third-order valence-electron chi connectivity index (χ3n) is 17.3. The van der Waals surface area contributed by atoms with Gasteiger partial charge in [-0.1, -0.05) is 353 Å². The van der Waals surface area contributed by atoms with Crippen molar-refractivity contribution < 1.29 is 42.9 Å². The second kappa shape index (κ2) is 67.0. The summed E-state index contributed by atoms with van der Waals surface area (Å²) in [5.74, 6) is -2.25. The van der Waals surface area contributed by atoms with E-state index in [0.717, 1.165) is 38.5 Å². The molecular weight excluding hydrogens is 1040 g/mol. The van der Waals surface area contributed by atoms with Crippen LogP contribution in [-0.4, -0.2) is 82.3 Å². The SMILES string of the molecule is CCCCCCCCCC/C=C\CCCCCCCCCCCCCCCCCC(=O)OC(COC(=O)CCCCCCCCCCCCCCCCCCCCCCCCCCCCCCCCCC)COC(OCC[N+](C)(C)C)C(=O)[O-]. The third kappa shape index (κ3) is 67.5. The van der Waals surface area contributed by atoms with Gasteiger partial charge >= 0.3 is 11.9 Å². The van der Waals surface area contributed by atoms with E-state index < -0.39 is 24.3 Å². The molecule has 0 amide bonds. The minimum Gasteiger partial charge on any atom is -0.545 e. The molecule has 0 bridgehead atoms. The number of carboxylic acids is 1. The van der Waals surface area contributed by atoms with E-state index in [4.69, 9.17) is 18.9 Å². The summed E-state index contributed by atoms with van der Waals surface area (Å²) in [5.41, 5.74) is 0. The molecule has 0 aliphatic carbocycles. The third-order valence-corrected chi connectivity index (χ3v) is 17.3. The van der Waals surface area contributed by atoms with E-state index in [1.54, 1.807) is 0 Å². The standard InChI is InChI=1S/C75H145NO8/c1-6-8-10-12-14-16-18-20-22-24-26-28-30-32-34-35-36-37-38-40-41-43-45-47-49-51-53-55-57-59-61-63-65-72(77)82-69-71(70-83-75(74(79)80)81-68-67-76(3,4)5)84-73(78)66-64-62-60-58-56-54-52-50-48-46-44-42-39-33-31-29-27-25-23-21-19-17-15-13-11-9-7-2/h25,27,71,75H,6-24,26,28-70H2,1-5H3/b27-25-. The lowest BCUT2D eigenvalue weighted by Gasteiger charge is -2.26. The Morgan fingerprint density at radius 3 is 0.881 bits per heavy atom. The monoisotopic (exact) mass is 1190 g/mol. The summed E-state index contributed by atoms with van der Waals surface area (Å²) in [6.07, 6.45) is 78.9. The zero-order chi connectivity index (χ0) is 61.2. The van der Waals surface area contributed by atoms with Gasteiger partial charge in [0.1, 0.15) is 13.2 Å². The molecule has 0 fully saturated rings. The molecule has 2 atom stereocenters. The molecule has 0 aromatic carbocycles. The van der Waals surface area contributed by atoms with E-state index in [9.17, 15) is 19.5 Å². The summed E-state index contributed by atoms with van der Waals surface area (Å²) in [6.45, 7) is 4.84. The van der Waals surface area contributed by atoms with Crippen LogP contribution in [0.3, 0.4) is 0 Å². The molecule has 0 radical (unpaired) electrons. The van der Waals surface area contributed by atoms with Crippen LogP contribution >= 0.6 is 0 Å². The van der Waals surface area contributed by atoms with Crippen molar-refractivity contribution in [1.82, 2.24) is 0 Å². The molecule has 0 aromatic rings. The highest BCUT2D eigenvalue weighted by atomic mass is 16.7. The van der Waals surface area contributed by atoms with Gasteiger partial charge in [-0.05, 0) is 38.5 Å². The maximum absolute atomic E-state index is 12.9. The number of esters is 2. The molecule has 0 spiro atoms. The number of carbonyl (C=O) groups is 3. The van der Waals surface area contributed by atoms with Gasteiger partial charge in [0.2, 0.25) is 0 Å². The molecule has 9 nitrogen and oxygen atoms in total. The molecule has 0 aliphatic heterocycles. The number of hydrogen-bond donors (Lipinski definition) is 0. The highest BCUT2D eigenvalue weighted by molar-refractivity contribution is 5.70. The number of allylic oxidation sites excluding steroid dienone is 2. The quantitative estimate of drug-likeness (QED) is 0.0195. The first-order valence-electron chi connectivity index (χ1n) is 37.3. The number of quaternary nitrogens is 1. The van der Waals surface area contributed by atoms with Gasteiger partial charge in [-0.3, -0.25) is 9.59 Å². The second-order valence-corrected chi connectivity index (χ2v) is 27.0. The lowest BCUT2D eigenvalue weighted by atomic mass is 10.0. The summed E-state index contributed by atoms with van der Waals surface area (Å²) in [4.78, 5) is 37.5. The smallest absolute Gasteiger partial charge is 0.306 e. The number of nitrogens with zero attached hydrogens (tertiary/aromatic N) is 1. The topological polar surface area (TPSA) is 111 Å². The number of ether oxygens (including phenoxy) is 4. The van der Waals surface area contributed by atoms with Crippen LogP contribution in [0.2, 0.25) is 0 Å². The Hall–Kier alpha value is -1.97.